The van der Waals surface area contributed by atoms with E-state index >= 15 is 0 Å². The first-order valence-corrected chi connectivity index (χ1v) is 7.60. The van der Waals surface area contributed by atoms with Gasteiger partial charge in [-0.05, 0) is 6.92 Å². The zero-order valence-electron chi connectivity index (χ0n) is 13.7. The Morgan fingerprint density at radius 2 is 1.88 bits per heavy atom. The molecular weight excluding hydrogens is 324 g/mol. The van der Waals surface area contributed by atoms with Crippen LogP contribution < -0.4 is 10.2 Å². The van der Waals surface area contributed by atoms with Gasteiger partial charge in [-0.25, -0.2) is 4.79 Å². The number of esters is 1. The number of fused-ring (bicyclic) bond motifs is 1. The number of methoxy groups -OCH3 is 1. The van der Waals surface area contributed by atoms with Crippen LogP contribution in [0.2, 0.25) is 0 Å². The number of aromatic hydroxyl groups is 1. The van der Waals surface area contributed by atoms with Gasteiger partial charge in [0, 0.05) is 23.8 Å². The third-order valence-corrected chi connectivity index (χ3v) is 3.69. The fourth-order valence-electron chi connectivity index (χ4n) is 2.47. The van der Waals surface area contributed by atoms with Crippen molar-refractivity contribution >= 4 is 16.9 Å². The largest absolute Gasteiger partial charge is 0.507 e. The summed E-state index contributed by atoms with van der Waals surface area (Å²) in [5, 5.41) is 10.2. The van der Waals surface area contributed by atoms with Gasteiger partial charge in [0.2, 0.25) is 0 Å². The van der Waals surface area contributed by atoms with Crippen molar-refractivity contribution in [2.24, 2.45) is 0 Å². The van der Waals surface area contributed by atoms with E-state index in [-0.39, 0.29) is 27.9 Å². The Bertz CT molecular complexity index is 974. The van der Waals surface area contributed by atoms with E-state index in [1.54, 1.807) is 0 Å². The maximum Gasteiger partial charge on any atom is 0.346 e. The molecule has 0 radical (unpaired) electrons. The second-order valence-electron chi connectivity index (χ2n) is 5.44. The van der Waals surface area contributed by atoms with Crippen LogP contribution in [-0.2, 0) is 9.53 Å². The van der Waals surface area contributed by atoms with E-state index in [0.717, 1.165) is 5.56 Å². The highest BCUT2D eigenvalue weighted by atomic mass is 16.6. The molecule has 6 heteroatoms. The van der Waals surface area contributed by atoms with E-state index in [4.69, 9.17) is 9.15 Å². The van der Waals surface area contributed by atoms with Gasteiger partial charge in [-0.2, -0.15) is 0 Å². The molecule has 1 atom stereocenters. The SMILES string of the molecule is COC(=O)C(C)Oc1cc(O)c2c(=O)cc(-c3ccccc3)oc2c1. The van der Waals surface area contributed by atoms with Gasteiger partial charge < -0.3 is 19.0 Å². The summed E-state index contributed by atoms with van der Waals surface area (Å²) in [6.45, 7) is 1.52. The Morgan fingerprint density at radius 3 is 2.56 bits per heavy atom. The Morgan fingerprint density at radius 1 is 1.16 bits per heavy atom. The number of rotatable bonds is 4. The number of ether oxygens (including phenoxy) is 2. The quantitative estimate of drug-likeness (QED) is 0.735. The first-order chi connectivity index (χ1) is 12.0. The van der Waals surface area contributed by atoms with Crippen molar-refractivity contribution in [3.8, 4) is 22.8 Å². The van der Waals surface area contributed by atoms with Crippen LogP contribution in [0.3, 0.4) is 0 Å². The second-order valence-corrected chi connectivity index (χ2v) is 5.44. The molecule has 0 saturated heterocycles. The van der Waals surface area contributed by atoms with Crippen LogP contribution in [0.1, 0.15) is 6.92 Å². The minimum absolute atomic E-state index is 0.0535. The molecule has 128 valence electrons. The lowest BCUT2D eigenvalue weighted by Gasteiger charge is -2.13. The van der Waals surface area contributed by atoms with Crippen molar-refractivity contribution in [2.45, 2.75) is 13.0 Å². The van der Waals surface area contributed by atoms with E-state index in [1.165, 1.54) is 32.2 Å². The van der Waals surface area contributed by atoms with Gasteiger partial charge in [0.05, 0.1) is 7.11 Å². The number of carbonyl (C=O) groups is 1. The number of hydrogen-bond acceptors (Lipinski definition) is 6. The molecule has 0 aliphatic heterocycles. The van der Waals surface area contributed by atoms with Crippen LogP contribution >= 0.6 is 0 Å². The van der Waals surface area contributed by atoms with Crippen molar-refractivity contribution in [1.82, 2.24) is 0 Å². The van der Waals surface area contributed by atoms with Crippen molar-refractivity contribution < 1.29 is 23.8 Å². The van der Waals surface area contributed by atoms with Gasteiger partial charge in [0.1, 0.15) is 28.2 Å². The first-order valence-electron chi connectivity index (χ1n) is 7.60. The van der Waals surface area contributed by atoms with E-state index in [2.05, 4.69) is 4.74 Å². The Balaban J connectivity index is 2.09. The topological polar surface area (TPSA) is 86.0 Å². The molecule has 25 heavy (non-hydrogen) atoms. The summed E-state index contributed by atoms with van der Waals surface area (Å²) in [6, 6.07) is 13.2. The molecule has 0 bridgehead atoms. The molecular formula is C19H16O6. The molecule has 0 aliphatic carbocycles. The Hall–Kier alpha value is -3.28. The zero-order valence-corrected chi connectivity index (χ0v) is 13.7. The van der Waals surface area contributed by atoms with Crippen LogP contribution in [0.4, 0.5) is 0 Å². The van der Waals surface area contributed by atoms with Crippen molar-refractivity contribution in [3.63, 3.8) is 0 Å². The van der Waals surface area contributed by atoms with Gasteiger partial charge >= 0.3 is 5.97 Å². The number of benzene rings is 2. The van der Waals surface area contributed by atoms with E-state index in [0.29, 0.717) is 5.76 Å². The molecule has 1 heterocycles. The van der Waals surface area contributed by atoms with Crippen LogP contribution in [0.5, 0.6) is 11.5 Å². The maximum absolute atomic E-state index is 12.3. The number of hydrogen-bond donors (Lipinski definition) is 1. The lowest BCUT2D eigenvalue weighted by atomic mass is 10.1. The lowest BCUT2D eigenvalue weighted by molar-refractivity contribution is -0.147. The minimum Gasteiger partial charge on any atom is -0.507 e. The van der Waals surface area contributed by atoms with Crippen LogP contribution in [0, 0.1) is 0 Å². The summed E-state index contributed by atoms with van der Waals surface area (Å²) < 4.78 is 15.8. The average molecular weight is 340 g/mol. The van der Waals surface area contributed by atoms with E-state index < -0.39 is 12.1 Å². The van der Waals surface area contributed by atoms with Crippen molar-refractivity contribution in [1.29, 1.82) is 0 Å². The first kappa shape index (κ1) is 16.6. The Labute approximate surface area is 143 Å². The highest BCUT2D eigenvalue weighted by molar-refractivity contribution is 5.86. The summed E-state index contributed by atoms with van der Waals surface area (Å²) in [7, 11) is 1.26. The summed E-state index contributed by atoms with van der Waals surface area (Å²) >= 11 is 0. The summed E-state index contributed by atoms with van der Waals surface area (Å²) in [5.41, 5.74) is 0.527. The van der Waals surface area contributed by atoms with Crippen LogP contribution in [-0.4, -0.2) is 24.3 Å². The highest BCUT2D eigenvalue weighted by Gasteiger charge is 2.18. The number of phenolic OH excluding ortho intramolecular Hbond substituents is 1. The van der Waals surface area contributed by atoms with Gasteiger partial charge in [-0.1, -0.05) is 30.3 Å². The fraction of sp³-hybridized carbons (Fsp3) is 0.158. The molecule has 1 aromatic heterocycles. The maximum atomic E-state index is 12.3. The number of carbonyl (C=O) groups excluding carboxylic acids is 1. The molecule has 0 amide bonds. The highest BCUT2D eigenvalue weighted by Crippen LogP contribution is 2.31. The van der Waals surface area contributed by atoms with E-state index in [9.17, 15) is 14.7 Å². The summed E-state index contributed by atoms with van der Waals surface area (Å²) in [4.78, 5) is 23.8. The fourth-order valence-corrected chi connectivity index (χ4v) is 2.47. The molecule has 0 fully saturated rings. The molecule has 0 spiro atoms. The third-order valence-electron chi connectivity index (χ3n) is 3.69. The van der Waals surface area contributed by atoms with Gasteiger partial charge in [0.15, 0.2) is 11.5 Å². The van der Waals surface area contributed by atoms with Crippen molar-refractivity contribution in [2.75, 3.05) is 7.11 Å². The summed E-state index contributed by atoms with van der Waals surface area (Å²) in [5.74, 6) is -0.274. The smallest absolute Gasteiger partial charge is 0.346 e. The normalized spacial score (nSPS) is 11.9. The van der Waals surface area contributed by atoms with Crippen molar-refractivity contribution in [3.05, 3.63) is 58.8 Å². The minimum atomic E-state index is -0.870. The molecule has 0 saturated carbocycles. The molecule has 1 unspecified atom stereocenters. The molecule has 1 N–H and O–H groups in total. The monoisotopic (exact) mass is 340 g/mol. The molecule has 3 aromatic rings. The lowest BCUT2D eigenvalue weighted by Crippen LogP contribution is -2.24. The Kier molecular flexibility index (Phi) is 4.43. The van der Waals surface area contributed by atoms with Gasteiger partial charge in [-0.15, -0.1) is 0 Å². The second kappa shape index (κ2) is 6.68. The molecule has 3 rings (SSSR count). The standard InChI is InChI=1S/C19H16O6/c1-11(19(22)23-2)24-13-8-14(20)18-15(21)10-16(25-17(18)9-13)12-6-4-3-5-7-12/h3-11,20H,1-2H3. The average Bonchev–Trinajstić information content (AvgIpc) is 2.60. The van der Waals surface area contributed by atoms with E-state index in [1.807, 2.05) is 30.3 Å². The van der Waals surface area contributed by atoms with Crippen LogP contribution in [0.25, 0.3) is 22.3 Å². The van der Waals surface area contributed by atoms with Gasteiger partial charge in [-0.3, -0.25) is 4.79 Å². The zero-order chi connectivity index (χ0) is 18.0. The molecule has 6 nitrogen and oxygen atoms in total. The third kappa shape index (κ3) is 3.33. The summed E-state index contributed by atoms with van der Waals surface area (Å²) in [6.07, 6.45) is -0.870. The number of phenols is 1. The van der Waals surface area contributed by atoms with Gasteiger partial charge in [0.25, 0.3) is 0 Å². The molecule has 0 aliphatic rings. The molecule has 2 aromatic carbocycles. The van der Waals surface area contributed by atoms with Crippen LogP contribution in [0.15, 0.2) is 57.7 Å². The predicted molar refractivity (Wildman–Crippen MR) is 91.7 cm³/mol. The predicted octanol–water partition coefficient (Wildman–Crippen LogP) is 3.11.